The van der Waals surface area contributed by atoms with Gasteiger partial charge in [0.2, 0.25) is 11.8 Å². The molecule has 0 aliphatic carbocycles. The van der Waals surface area contributed by atoms with Crippen LogP contribution < -0.4 is 0 Å². The van der Waals surface area contributed by atoms with E-state index in [1.165, 1.54) is 0 Å². The first-order valence-corrected chi connectivity index (χ1v) is 7.37. The molecule has 0 aromatic carbocycles. The number of carbonyl (C=O) groups is 2. The zero-order valence-electron chi connectivity index (χ0n) is 11.5. The van der Waals surface area contributed by atoms with E-state index in [1.807, 2.05) is 6.92 Å². The topological polar surface area (TPSA) is 49.9 Å². The van der Waals surface area contributed by atoms with Gasteiger partial charge in [0.05, 0.1) is 6.61 Å². The predicted octanol–water partition coefficient (Wildman–Crippen LogP) is 0.635. The Hall–Kier alpha value is -1.10. The van der Waals surface area contributed by atoms with E-state index in [2.05, 4.69) is 0 Å². The first-order valence-electron chi connectivity index (χ1n) is 7.37. The molecule has 3 atom stereocenters. The van der Waals surface area contributed by atoms with Crippen LogP contribution in [0.25, 0.3) is 0 Å². The summed E-state index contributed by atoms with van der Waals surface area (Å²) in [6.45, 7) is 4.79. The zero-order chi connectivity index (χ0) is 13.4. The largest absolute Gasteiger partial charge is 0.381 e. The number of fused-ring (bicyclic) bond motifs is 1. The zero-order valence-corrected chi connectivity index (χ0v) is 11.5. The van der Waals surface area contributed by atoms with Gasteiger partial charge in [-0.1, -0.05) is 0 Å². The van der Waals surface area contributed by atoms with Crippen LogP contribution in [0.5, 0.6) is 0 Å². The molecule has 3 unspecified atom stereocenters. The van der Waals surface area contributed by atoms with Crippen LogP contribution >= 0.6 is 0 Å². The van der Waals surface area contributed by atoms with Crippen LogP contribution in [-0.4, -0.2) is 60.0 Å². The third kappa shape index (κ3) is 2.24. The van der Waals surface area contributed by atoms with E-state index in [0.717, 1.165) is 45.4 Å². The molecule has 0 radical (unpaired) electrons. The molecule has 106 valence electrons. The van der Waals surface area contributed by atoms with Crippen LogP contribution in [0.4, 0.5) is 0 Å². The molecular weight excluding hydrogens is 244 g/mol. The first kappa shape index (κ1) is 12.9. The molecule has 0 spiro atoms. The summed E-state index contributed by atoms with van der Waals surface area (Å²) in [5, 5.41) is 0. The SMILES string of the molecule is CC1C(=O)N2CCCCC2C(=O)N1CC1CCOC1. The van der Waals surface area contributed by atoms with Gasteiger partial charge in [-0.3, -0.25) is 9.59 Å². The molecule has 5 nitrogen and oxygen atoms in total. The number of carbonyl (C=O) groups excluding carboxylic acids is 2. The summed E-state index contributed by atoms with van der Waals surface area (Å²) < 4.78 is 5.37. The summed E-state index contributed by atoms with van der Waals surface area (Å²) in [5.41, 5.74) is 0. The molecule has 0 saturated carbocycles. The second-order valence-electron chi connectivity index (χ2n) is 5.94. The Bertz CT molecular complexity index is 379. The molecule has 0 aromatic heterocycles. The van der Waals surface area contributed by atoms with Crippen LogP contribution in [0.3, 0.4) is 0 Å². The molecule has 3 aliphatic heterocycles. The van der Waals surface area contributed by atoms with Gasteiger partial charge in [0.25, 0.3) is 0 Å². The highest BCUT2D eigenvalue weighted by Gasteiger charge is 2.45. The van der Waals surface area contributed by atoms with Crippen LogP contribution in [-0.2, 0) is 14.3 Å². The fourth-order valence-electron chi connectivity index (χ4n) is 3.46. The number of hydrogen-bond donors (Lipinski definition) is 0. The number of ether oxygens (including phenoxy) is 1. The minimum absolute atomic E-state index is 0.128. The number of amides is 2. The molecule has 3 saturated heterocycles. The maximum atomic E-state index is 12.6. The minimum atomic E-state index is -0.303. The molecule has 3 rings (SSSR count). The number of nitrogens with zero attached hydrogens (tertiary/aromatic N) is 2. The number of piperidine rings is 1. The third-order valence-electron chi connectivity index (χ3n) is 4.66. The van der Waals surface area contributed by atoms with Crippen molar-refractivity contribution in [1.29, 1.82) is 0 Å². The maximum absolute atomic E-state index is 12.6. The summed E-state index contributed by atoms with van der Waals surface area (Å²) >= 11 is 0. The number of hydrogen-bond acceptors (Lipinski definition) is 3. The molecule has 3 heterocycles. The summed E-state index contributed by atoms with van der Waals surface area (Å²) in [6.07, 6.45) is 3.90. The standard InChI is InChI=1S/C14H22N2O3/c1-10-13(17)15-6-3-2-4-12(15)14(18)16(10)8-11-5-7-19-9-11/h10-12H,2-9H2,1H3. The molecule has 5 heteroatoms. The Balaban J connectivity index is 1.75. The smallest absolute Gasteiger partial charge is 0.246 e. The van der Waals surface area contributed by atoms with Gasteiger partial charge in [-0.25, -0.2) is 0 Å². The first-order chi connectivity index (χ1) is 9.18. The Morgan fingerprint density at radius 3 is 2.79 bits per heavy atom. The monoisotopic (exact) mass is 266 g/mol. The van der Waals surface area contributed by atoms with Crippen LogP contribution in [0.2, 0.25) is 0 Å². The van der Waals surface area contributed by atoms with Crippen LogP contribution in [0.1, 0.15) is 32.6 Å². The van der Waals surface area contributed by atoms with E-state index < -0.39 is 0 Å². The summed E-state index contributed by atoms with van der Waals surface area (Å²) in [7, 11) is 0. The Morgan fingerprint density at radius 1 is 1.21 bits per heavy atom. The van der Waals surface area contributed by atoms with E-state index in [4.69, 9.17) is 4.74 Å². The molecule has 3 fully saturated rings. The van der Waals surface area contributed by atoms with E-state index in [0.29, 0.717) is 12.5 Å². The second-order valence-corrected chi connectivity index (χ2v) is 5.94. The van der Waals surface area contributed by atoms with Crippen molar-refractivity contribution >= 4 is 11.8 Å². The number of rotatable bonds is 2. The minimum Gasteiger partial charge on any atom is -0.381 e. The molecule has 19 heavy (non-hydrogen) atoms. The van der Waals surface area contributed by atoms with Crippen molar-refractivity contribution in [2.45, 2.75) is 44.7 Å². The van der Waals surface area contributed by atoms with E-state index in [-0.39, 0.29) is 23.9 Å². The molecule has 3 aliphatic rings. The Kier molecular flexibility index (Phi) is 3.48. The van der Waals surface area contributed by atoms with Crippen LogP contribution in [0.15, 0.2) is 0 Å². The number of piperazine rings is 1. The maximum Gasteiger partial charge on any atom is 0.246 e. The van der Waals surface area contributed by atoms with Gasteiger partial charge in [0.1, 0.15) is 12.1 Å². The molecule has 0 bridgehead atoms. The van der Waals surface area contributed by atoms with Gasteiger partial charge < -0.3 is 14.5 Å². The second kappa shape index (κ2) is 5.12. The summed E-state index contributed by atoms with van der Waals surface area (Å²) in [6, 6.07) is -0.498. The fraction of sp³-hybridized carbons (Fsp3) is 0.857. The third-order valence-corrected chi connectivity index (χ3v) is 4.66. The van der Waals surface area contributed by atoms with Crippen LogP contribution in [0, 0.1) is 5.92 Å². The quantitative estimate of drug-likeness (QED) is 0.737. The lowest BCUT2D eigenvalue weighted by atomic mass is 9.94. The average Bonchev–Trinajstić information content (AvgIpc) is 2.94. The highest BCUT2D eigenvalue weighted by molar-refractivity contribution is 5.96. The molecular formula is C14H22N2O3. The lowest BCUT2D eigenvalue weighted by molar-refractivity contribution is -0.163. The normalized spacial score (nSPS) is 35.7. The van der Waals surface area contributed by atoms with E-state index >= 15 is 0 Å². The van der Waals surface area contributed by atoms with Gasteiger partial charge in [-0.05, 0) is 32.6 Å². The van der Waals surface area contributed by atoms with Gasteiger partial charge in [0.15, 0.2) is 0 Å². The summed E-state index contributed by atoms with van der Waals surface area (Å²) in [5.74, 6) is 0.677. The molecule has 0 N–H and O–H groups in total. The van der Waals surface area contributed by atoms with E-state index in [1.54, 1.807) is 9.80 Å². The average molecular weight is 266 g/mol. The van der Waals surface area contributed by atoms with Crippen molar-refractivity contribution in [3.63, 3.8) is 0 Å². The van der Waals surface area contributed by atoms with Crippen molar-refractivity contribution in [3.05, 3.63) is 0 Å². The summed E-state index contributed by atoms with van der Waals surface area (Å²) in [4.78, 5) is 28.6. The lowest BCUT2D eigenvalue weighted by Crippen LogP contribution is -2.65. The fourth-order valence-corrected chi connectivity index (χ4v) is 3.46. The Morgan fingerprint density at radius 2 is 2.05 bits per heavy atom. The molecule has 0 aromatic rings. The Labute approximate surface area is 113 Å². The highest BCUT2D eigenvalue weighted by atomic mass is 16.5. The lowest BCUT2D eigenvalue weighted by Gasteiger charge is -2.46. The van der Waals surface area contributed by atoms with Crippen molar-refractivity contribution in [1.82, 2.24) is 9.80 Å². The predicted molar refractivity (Wildman–Crippen MR) is 69.5 cm³/mol. The van der Waals surface area contributed by atoms with Gasteiger partial charge in [-0.15, -0.1) is 0 Å². The van der Waals surface area contributed by atoms with Crippen molar-refractivity contribution in [2.75, 3.05) is 26.3 Å². The van der Waals surface area contributed by atoms with Gasteiger partial charge >= 0.3 is 0 Å². The van der Waals surface area contributed by atoms with Crippen molar-refractivity contribution in [3.8, 4) is 0 Å². The van der Waals surface area contributed by atoms with Crippen molar-refractivity contribution < 1.29 is 14.3 Å². The highest BCUT2D eigenvalue weighted by Crippen LogP contribution is 2.27. The van der Waals surface area contributed by atoms with Crippen molar-refractivity contribution in [2.24, 2.45) is 5.92 Å². The van der Waals surface area contributed by atoms with E-state index in [9.17, 15) is 9.59 Å². The van der Waals surface area contributed by atoms with Gasteiger partial charge in [-0.2, -0.15) is 0 Å². The molecule has 2 amide bonds. The van der Waals surface area contributed by atoms with Gasteiger partial charge in [0, 0.05) is 25.6 Å².